The molecule has 0 aromatic rings. The minimum atomic E-state index is -0.832. The van der Waals surface area contributed by atoms with E-state index in [1.807, 2.05) is 6.92 Å². The summed E-state index contributed by atoms with van der Waals surface area (Å²) in [6.07, 6.45) is 4.08. The molecule has 20 heavy (non-hydrogen) atoms. The second-order valence-electron chi connectivity index (χ2n) is 6.21. The molecule has 1 amide bonds. The fourth-order valence-corrected chi connectivity index (χ4v) is 3.48. The van der Waals surface area contributed by atoms with Crippen LogP contribution in [0.3, 0.4) is 0 Å². The van der Waals surface area contributed by atoms with Crippen molar-refractivity contribution in [2.75, 3.05) is 6.61 Å². The highest BCUT2D eigenvalue weighted by Crippen LogP contribution is 2.38. The highest BCUT2D eigenvalue weighted by Gasteiger charge is 2.42. The van der Waals surface area contributed by atoms with E-state index in [9.17, 15) is 14.7 Å². The molecule has 2 N–H and O–H groups in total. The van der Waals surface area contributed by atoms with Crippen molar-refractivity contribution in [3.8, 4) is 0 Å². The molecule has 1 aliphatic carbocycles. The van der Waals surface area contributed by atoms with Crippen LogP contribution in [0.4, 0.5) is 0 Å². The summed E-state index contributed by atoms with van der Waals surface area (Å²) in [5.41, 5.74) is 0. The number of carbonyl (C=O) groups excluding carboxylic acids is 1. The van der Waals surface area contributed by atoms with E-state index in [1.54, 1.807) is 0 Å². The summed E-state index contributed by atoms with van der Waals surface area (Å²) < 4.78 is 5.46. The van der Waals surface area contributed by atoms with Crippen molar-refractivity contribution in [3.05, 3.63) is 0 Å². The number of carboxylic acids is 1. The first-order valence-corrected chi connectivity index (χ1v) is 7.66. The van der Waals surface area contributed by atoms with Crippen LogP contribution in [-0.4, -0.2) is 35.7 Å². The van der Waals surface area contributed by atoms with Gasteiger partial charge in [-0.25, -0.2) is 0 Å². The fourth-order valence-electron chi connectivity index (χ4n) is 3.48. The van der Waals surface area contributed by atoms with Gasteiger partial charge in [0.25, 0.3) is 0 Å². The van der Waals surface area contributed by atoms with E-state index < -0.39 is 11.9 Å². The van der Waals surface area contributed by atoms with E-state index in [1.165, 1.54) is 0 Å². The van der Waals surface area contributed by atoms with Gasteiger partial charge < -0.3 is 15.2 Å². The molecule has 5 atom stereocenters. The Morgan fingerprint density at radius 3 is 2.55 bits per heavy atom. The quantitative estimate of drug-likeness (QED) is 0.825. The van der Waals surface area contributed by atoms with Crippen LogP contribution < -0.4 is 5.32 Å². The summed E-state index contributed by atoms with van der Waals surface area (Å²) >= 11 is 0. The molecular formula is C15H25NO4. The first-order chi connectivity index (χ1) is 9.51. The van der Waals surface area contributed by atoms with E-state index in [0.717, 1.165) is 19.3 Å². The van der Waals surface area contributed by atoms with Crippen LogP contribution >= 0.6 is 0 Å². The Morgan fingerprint density at radius 2 is 1.95 bits per heavy atom. The first-order valence-electron chi connectivity index (χ1n) is 7.66. The summed E-state index contributed by atoms with van der Waals surface area (Å²) in [5.74, 6) is -1.43. The molecule has 0 radical (unpaired) electrons. The minimum Gasteiger partial charge on any atom is -0.481 e. The Labute approximate surface area is 120 Å². The Balaban J connectivity index is 1.94. The van der Waals surface area contributed by atoms with Gasteiger partial charge >= 0.3 is 5.97 Å². The third-order valence-electron chi connectivity index (χ3n) is 4.72. The normalized spacial score (nSPS) is 37.6. The van der Waals surface area contributed by atoms with Gasteiger partial charge in [-0.05, 0) is 38.5 Å². The third-order valence-corrected chi connectivity index (χ3v) is 4.72. The van der Waals surface area contributed by atoms with E-state index in [4.69, 9.17) is 4.74 Å². The van der Waals surface area contributed by atoms with Crippen LogP contribution in [0.15, 0.2) is 0 Å². The van der Waals surface area contributed by atoms with Crippen LogP contribution in [0.2, 0.25) is 0 Å². The molecule has 5 nitrogen and oxygen atoms in total. The van der Waals surface area contributed by atoms with Crippen LogP contribution in [0, 0.1) is 17.8 Å². The molecule has 114 valence electrons. The Kier molecular flexibility index (Phi) is 5.02. The standard InChI is InChI=1S/C15H25NO4/c1-3-10-7-12(13(8-10)15(18)19)14(17)16-11-4-5-20-9(2)6-11/h9-13H,3-8H2,1-2H3,(H,16,17)(H,18,19). The van der Waals surface area contributed by atoms with Crippen molar-refractivity contribution in [2.45, 2.75) is 58.1 Å². The third kappa shape index (κ3) is 3.51. The molecule has 0 aromatic carbocycles. The van der Waals surface area contributed by atoms with Gasteiger partial charge in [-0.3, -0.25) is 9.59 Å². The lowest BCUT2D eigenvalue weighted by Crippen LogP contribution is -2.45. The number of amides is 1. The summed E-state index contributed by atoms with van der Waals surface area (Å²) in [4.78, 5) is 23.7. The smallest absolute Gasteiger partial charge is 0.307 e. The number of carbonyl (C=O) groups is 2. The van der Waals surface area contributed by atoms with Crippen molar-refractivity contribution in [3.63, 3.8) is 0 Å². The van der Waals surface area contributed by atoms with Crippen LogP contribution in [0.5, 0.6) is 0 Å². The molecule has 1 aliphatic heterocycles. The van der Waals surface area contributed by atoms with Gasteiger partial charge in [-0.1, -0.05) is 13.3 Å². The predicted octanol–water partition coefficient (Wildman–Crippen LogP) is 1.81. The summed E-state index contributed by atoms with van der Waals surface area (Å²) in [6, 6.07) is 0.126. The van der Waals surface area contributed by atoms with Crippen LogP contribution in [0.25, 0.3) is 0 Å². The Bertz CT molecular complexity index is 371. The number of aliphatic carboxylic acids is 1. The van der Waals surface area contributed by atoms with Crippen molar-refractivity contribution >= 4 is 11.9 Å². The maximum absolute atomic E-state index is 12.4. The Morgan fingerprint density at radius 1 is 1.25 bits per heavy atom. The average Bonchev–Trinajstić information content (AvgIpc) is 2.83. The van der Waals surface area contributed by atoms with E-state index >= 15 is 0 Å². The number of hydrogen-bond donors (Lipinski definition) is 2. The van der Waals surface area contributed by atoms with Crippen LogP contribution in [-0.2, 0) is 14.3 Å². The van der Waals surface area contributed by atoms with Gasteiger partial charge in [0.1, 0.15) is 0 Å². The summed E-state index contributed by atoms with van der Waals surface area (Å²) in [5, 5.41) is 12.3. The van der Waals surface area contributed by atoms with E-state index in [-0.39, 0.29) is 24.0 Å². The molecule has 1 heterocycles. The zero-order chi connectivity index (χ0) is 14.7. The SMILES string of the molecule is CCC1CC(C(=O)O)C(C(=O)NC2CCOC(C)C2)C1. The van der Waals surface area contributed by atoms with Gasteiger partial charge in [0.15, 0.2) is 0 Å². The number of rotatable bonds is 4. The zero-order valence-electron chi connectivity index (χ0n) is 12.3. The second kappa shape index (κ2) is 6.57. The summed E-state index contributed by atoms with van der Waals surface area (Å²) in [7, 11) is 0. The first kappa shape index (κ1) is 15.3. The van der Waals surface area contributed by atoms with Crippen molar-refractivity contribution in [2.24, 2.45) is 17.8 Å². The van der Waals surface area contributed by atoms with Gasteiger partial charge in [-0.15, -0.1) is 0 Å². The second-order valence-corrected chi connectivity index (χ2v) is 6.21. The van der Waals surface area contributed by atoms with Gasteiger partial charge in [0, 0.05) is 12.6 Å². The molecule has 0 bridgehead atoms. The van der Waals surface area contributed by atoms with Gasteiger partial charge in [0.05, 0.1) is 17.9 Å². The average molecular weight is 283 g/mol. The fraction of sp³-hybridized carbons (Fsp3) is 0.867. The highest BCUT2D eigenvalue weighted by atomic mass is 16.5. The molecule has 0 spiro atoms. The molecule has 5 unspecified atom stereocenters. The van der Waals surface area contributed by atoms with Crippen molar-refractivity contribution < 1.29 is 19.4 Å². The monoisotopic (exact) mass is 283 g/mol. The topological polar surface area (TPSA) is 75.6 Å². The maximum atomic E-state index is 12.4. The summed E-state index contributed by atoms with van der Waals surface area (Å²) in [6.45, 7) is 4.72. The van der Waals surface area contributed by atoms with Gasteiger partial charge in [0.2, 0.25) is 5.91 Å². The van der Waals surface area contributed by atoms with E-state index in [0.29, 0.717) is 25.4 Å². The zero-order valence-corrected chi connectivity index (χ0v) is 12.3. The lowest BCUT2D eigenvalue weighted by Gasteiger charge is -2.29. The number of ether oxygens (including phenoxy) is 1. The minimum absolute atomic E-state index is 0.0764. The number of nitrogens with one attached hydrogen (secondary N) is 1. The van der Waals surface area contributed by atoms with Gasteiger partial charge in [-0.2, -0.15) is 0 Å². The Hall–Kier alpha value is -1.10. The van der Waals surface area contributed by atoms with Crippen molar-refractivity contribution in [1.82, 2.24) is 5.32 Å². The molecule has 0 aromatic heterocycles. The predicted molar refractivity (Wildman–Crippen MR) is 74.2 cm³/mol. The molecule has 2 fully saturated rings. The molecular weight excluding hydrogens is 258 g/mol. The lowest BCUT2D eigenvalue weighted by atomic mass is 9.94. The molecule has 2 rings (SSSR count). The number of carboxylic acid groups (broad SMARTS) is 1. The maximum Gasteiger partial charge on any atom is 0.307 e. The lowest BCUT2D eigenvalue weighted by molar-refractivity contribution is -0.146. The van der Waals surface area contributed by atoms with Crippen LogP contribution in [0.1, 0.15) is 46.0 Å². The molecule has 2 aliphatic rings. The molecule has 5 heteroatoms. The van der Waals surface area contributed by atoms with E-state index in [2.05, 4.69) is 12.2 Å². The highest BCUT2D eigenvalue weighted by molar-refractivity contribution is 5.85. The van der Waals surface area contributed by atoms with Crippen molar-refractivity contribution in [1.29, 1.82) is 0 Å². The molecule has 1 saturated carbocycles. The largest absolute Gasteiger partial charge is 0.481 e. The number of hydrogen-bond acceptors (Lipinski definition) is 3. The molecule has 1 saturated heterocycles.